The minimum Gasteiger partial charge on any atom is -0.497 e. The third-order valence-corrected chi connectivity index (χ3v) is 4.07. The van der Waals surface area contributed by atoms with Gasteiger partial charge in [-0.3, -0.25) is 4.98 Å². The van der Waals surface area contributed by atoms with Crippen molar-refractivity contribution in [3.63, 3.8) is 0 Å². The molecular formula is C17H20N2O. The summed E-state index contributed by atoms with van der Waals surface area (Å²) in [6.45, 7) is 2.19. The number of rotatable bonds is 4. The Morgan fingerprint density at radius 2 is 2.25 bits per heavy atom. The van der Waals surface area contributed by atoms with Crippen molar-refractivity contribution in [2.24, 2.45) is 0 Å². The van der Waals surface area contributed by atoms with Crippen molar-refractivity contribution in [2.45, 2.75) is 31.8 Å². The lowest BCUT2D eigenvalue weighted by Gasteiger charge is -2.20. The Balaban J connectivity index is 1.78. The minimum absolute atomic E-state index is 0.297. The predicted octanol–water partition coefficient (Wildman–Crippen LogP) is 3.43. The lowest BCUT2D eigenvalue weighted by molar-refractivity contribution is 0.412. The first kappa shape index (κ1) is 13.1. The molecule has 1 aliphatic rings. The number of pyridine rings is 1. The van der Waals surface area contributed by atoms with Gasteiger partial charge < -0.3 is 10.1 Å². The fraction of sp³-hybridized carbons (Fsp3) is 0.353. The van der Waals surface area contributed by atoms with Crippen LogP contribution in [-0.2, 0) is 6.42 Å². The molecule has 1 heterocycles. The Morgan fingerprint density at radius 3 is 3.00 bits per heavy atom. The predicted molar refractivity (Wildman–Crippen MR) is 79.8 cm³/mol. The quantitative estimate of drug-likeness (QED) is 0.922. The molecule has 3 rings (SSSR count). The number of hydrogen-bond acceptors (Lipinski definition) is 3. The van der Waals surface area contributed by atoms with Crippen LogP contribution in [0.2, 0.25) is 0 Å². The van der Waals surface area contributed by atoms with Crippen LogP contribution in [0.4, 0.5) is 0 Å². The molecule has 1 aliphatic carbocycles. The first-order valence-electron chi connectivity index (χ1n) is 7.10. The summed E-state index contributed by atoms with van der Waals surface area (Å²) in [7, 11) is 1.72. The number of ether oxygens (including phenoxy) is 1. The third-order valence-electron chi connectivity index (χ3n) is 4.07. The third kappa shape index (κ3) is 2.54. The number of hydrogen-bond donors (Lipinski definition) is 1. The lowest BCUT2D eigenvalue weighted by Crippen LogP contribution is -2.23. The van der Waals surface area contributed by atoms with Crippen molar-refractivity contribution in [3.8, 4) is 5.75 Å². The van der Waals surface area contributed by atoms with E-state index in [2.05, 4.69) is 35.4 Å². The van der Waals surface area contributed by atoms with Crippen molar-refractivity contribution in [2.75, 3.05) is 7.11 Å². The molecule has 3 nitrogen and oxygen atoms in total. The second-order valence-electron chi connectivity index (χ2n) is 5.33. The van der Waals surface area contributed by atoms with Gasteiger partial charge >= 0.3 is 0 Å². The first-order valence-corrected chi connectivity index (χ1v) is 7.10. The molecule has 104 valence electrons. The van der Waals surface area contributed by atoms with Crippen molar-refractivity contribution < 1.29 is 4.74 Å². The molecule has 3 heteroatoms. The molecule has 1 aromatic carbocycles. The second-order valence-corrected chi connectivity index (χ2v) is 5.33. The van der Waals surface area contributed by atoms with E-state index in [0.29, 0.717) is 12.1 Å². The fourth-order valence-corrected chi connectivity index (χ4v) is 2.91. The SMILES string of the molecule is COc1ccc2c(c1)C(N[C@@H](C)c1cccnc1)CC2. The highest BCUT2D eigenvalue weighted by Crippen LogP contribution is 2.35. The summed E-state index contributed by atoms with van der Waals surface area (Å²) in [5, 5.41) is 3.71. The highest BCUT2D eigenvalue weighted by molar-refractivity contribution is 5.41. The summed E-state index contributed by atoms with van der Waals surface area (Å²) >= 11 is 0. The number of fused-ring (bicyclic) bond motifs is 1. The Kier molecular flexibility index (Phi) is 3.70. The van der Waals surface area contributed by atoms with Crippen LogP contribution in [0.5, 0.6) is 5.75 Å². The van der Waals surface area contributed by atoms with E-state index in [1.54, 1.807) is 7.11 Å². The lowest BCUT2D eigenvalue weighted by atomic mass is 10.1. The average Bonchev–Trinajstić information content (AvgIpc) is 2.90. The second kappa shape index (κ2) is 5.63. The van der Waals surface area contributed by atoms with Crippen molar-refractivity contribution >= 4 is 0 Å². The summed E-state index contributed by atoms with van der Waals surface area (Å²) in [4.78, 5) is 4.19. The Hall–Kier alpha value is -1.87. The summed E-state index contributed by atoms with van der Waals surface area (Å²) in [6, 6.07) is 11.2. The Bertz CT molecular complexity index is 583. The van der Waals surface area contributed by atoms with Crippen LogP contribution in [-0.4, -0.2) is 12.1 Å². The van der Waals surface area contributed by atoms with Gasteiger partial charge in [0.1, 0.15) is 5.75 Å². The van der Waals surface area contributed by atoms with E-state index in [4.69, 9.17) is 4.74 Å². The van der Waals surface area contributed by atoms with Crippen LogP contribution < -0.4 is 10.1 Å². The fourth-order valence-electron chi connectivity index (χ4n) is 2.91. The Morgan fingerprint density at radius 1 is 1.35 bits per heavy atom. The Labute approximate surface area is 120 Å². The largest absolute Gasteiger partial charge is 0.497 e. The smallest absolute Gasteiger partial charge is 0.119 e. The van der Waals surface area contributed by atoms with Gasteiger partial charge in [-0.1, -0.05) is 12.1 Å². The number of methoxy groups -OCH3 is 1. The summed E-state index contributed by atoms with van der Waals surface area (Å²) in [6.07, 6.45) is 6.02. The molecule has 0 saturated carbocycles. The maximum Gasteiger partial charge on any atom is 0.119 e. The molecule has 0 amide bonds. The minimum atomic E-state index is 0.297. The normalized spacial score (nSPS) is 18.6. The molecular weight excluding hydrogens is 248 g/mol. The van der Waals surface area contributed by atoms with Gasteiger partial charge in [0.2, 0.25) is 0 Å². The van der Waals surface area contributed by atoms with Crippen LogP contribution >= 0.6 is 0 Å². The molecule has 2 aromatic rings. The molecule has 0 saturated heterocycles. The molecule has 2 atom stereocenters. The van der Waals surface area contributed by atoms with Gasteiger partial charge in [-0.05, 0) is 54.7 Å². The molecule has 0 bridgehead atoms. The van der Waals surface area contributed by atoms with Crippen LogP contribution in [0.15, 0.2) is 42.7 Å². The number of benzene rings is 1. The van der Waals surface area contributed by atoms with Gasteiger partial charge in [-0.2, -0.15) is 0 Å². The first-order chi connectivity index (χ1) is 9.78. The van der Waals surface area contributed by atoms with E-state index < -0.39 is 0 Å². The van der Waals surface area contributed by atoms with Gasteiger partial charge in [0, 0.05) is 24.5 Å². The van der Waals surface area contributed by atoms with Crippen LogP contribution in [0.3, 0.4) is 0 Å². The molecule has 0 spiro atoms. The van der Waals surface area contributed by atoms with Crippen molar-refractivity contribution in [3.05, 3.63) is 59.4 Å². The van der Waals surface area contributed by atoms with Gasteiger partial charge in [-0.15, -0.1) is 0 Å². The summed E-state index contributed by atoms with van der Waals surface area (Å²) in [5.41, 5.74) is 4.03. The summed E-state index contributed by atoms with van der Waals surface area (Å²) in [5.74, 6) is 0.937. The van der Waals surface area contributed by atoms with Crippen LogP contribution in [0.1, 0.15) is 42.1 Å². The van der Waals surface area contributed by atoms with Crippen molar-refractivity contribution in [1.29, 1.82) is 0 Å². The maximum atomic E-state index is 5.34. The zero-order valence-corrected chi connectivity index (χ0v) is 12.0. The monoisotopic (exact) mass is 268 g/mol. The van der Waals surface area contributed by atoms with Gasteiger partial charge in [0.05, 0.1) is 7.11 Å². The van der Waals surface area contributed by atoms with Crippen LogP contribution in [0.25, 0.3) is 0 Å². The summed E-state index contributed by atoms with van der Waals surface area (Å²) < 4.78 is 5.34. The number of nitrogens with zero attached hydrogens (tertiary/aromatic N) is 1. The number of nitrogens with one attached hydrogen (secondary N) is 1. The van der Waals surface area contributed by atoms with Gasteiger partial charge in [0.15, 0.2) is 0 Å². The highest BCUT2D eigenvalue weighted by atomic mass is 16.5. The molecule has 1 unspecified atom stereocenters. The molecule has 0 fully saturated rings. The zero-order valence-electron chi connectivity index (χ0n) is 12.0. The molecule has 1 aromatic heterocycles. The topological polar surface area (TPSA) is 34.1 Å². The maximum absolute atomic E-state index is 5.34. The van der Waals surface area contributed by atoms with Gasteiger partial charge in [0.25, 0.3) is 0 Å². The average molecular weight is 268 g/mol. The molecule has 0 aliphatic heterocycles. The van der Waals surface area contributed by atoms with Crippen LogP contribution in [0, 0.1) is 0 Å². The van der Waals surface area contributed by atoms with E-state index >= 15 is 0 Å². The van der Waals surface area contributed by atoms with E-state index in [9.17, 15) is 0 Å². The number of aryl methyl sites for hydroxylation is 1. The van der Waals surface area contributed by atoms with E-state index in [1.165, 1.54) is 16.7 Å². The van der Waals surface area contributed by atoms with E-state index in [1.807, 2.05) is 24.5 Å². The standard InChI is InChI=1S/C17H20N2O/c1-12(14-4-3-9-18-11-14)19-17-8-6-13-5-7-15(20-2)10-16(13)17/h3-5,7,9-12,17,19H,6,8H2,1-2H3/t12-,17?/m0/s1. The molecule has 1 N–H and O–H groups in total. The zero-order chi connectivity index (χ0) is 13.9. The molecule has 20 heavy (non-hydrogen) atoms. The highest BCUT2D eigenvalue weighted by Gasteiger charge is 2.24. The van der Waals surface area contributed by atoms with E-state index in [0.717, 1.165) is 18.6 Å². The molecule has 0 radical (unpaired) electrons. The van der Waals surface area contributed by atoms with Gasteiger partial charge in [-0.25, -0.2) is 0 Å². The number of aromatic nitrogens is 1. The van der Waals surface area contributed by atoms with E-state index in [-0.39, 0.29) is 0 Å². The van der Waals surface area contributed by atoms with Crippen molar-refractivity contribution in [1.82, 2.24) is 10.3 Å².